The Morgan fingerprint density at radius 3 is 2.38 bits per heavy atom. The molecule has 0 aliphatic carbocycles. The summed E-state index contributed by atoms with van der Waals surface area (Å²) in [6.45, 7) is 1.44. The maximum absolute atomic E-state index is 8.56. The summed E-state index contributed by atoms with van der Waals surface area (Å²) < 4.78 is 9.52. The molecule has 1 aliphatic heterocycles. The molecule has 1 aliphatic rings. The minimum absolute atomic E-state index is 0. The Labute approximate surface area is 90.8 Å². The quantitative estimate of drug-likeness (QED) is 0.441. The molecule has 1 unspecified atom stereocenters. The number of aliphatic hydroxyl groups is 1. The van der Waals surface area contributed by atoms with Crippen molar-refractivity contribution in [3.8, 4) is 0 Å². The molecule has 1 fully saturated rings. The smallest absolute Gasteiger partial charge is 0.178 e. The molecule has 3 nitrogen and oxygen atoms in total. The van der Waals surface area contributed by atoms with Crippen LogP contribution in [-0.4, -0.2) is 82.6 Å². The molecule has 1 N–H and O–H groups in total. The van der Waals surface area contributed by atoms with Gasteiger partial charge in [-0.1, -0.05) is 0 Å². The van der Waals surface area contributed by atoms with Crippen LogP contribution in [0.2, 0.25) is 0 Å². The third-order valence-electron chi connectivity index (χ3n) is 0.798. The van der Waals surface area contributed by atoms with Crippen molar-refractivity contribution in [3.63, 3.8) is 0 Å². The van der Waals surface area contributed by atoms with E-state index in [1.807, 2.05) is 0 Å². The number of ether oxygens (including phenoxy) is 2. The topological polar surface area (TPSA) is 38.7 Å². The van der Waals surface area contributed by atoms with Crippen LogP contribution >= 0.6 is 0 Å². The Morgan fingerprint density at radius 1 is 1.38 bits per heavy atom. The van der Waals surface area contributed by atoms with Crippen LogP contribution in [0.15, 0.2) is 0 Å². The zero-order chi connectivity index (χ0) is 5.11. The van der Waals surface area contributed by atoms with E-state index in [-0.39, 0.29) is 51.4 Å². The van der Waals surface area contributed by atoms with Gasteiger partial charge in [-0.3, -0.25) is 0 Å². The van der Waals surface area contributed by atoms with Crippen molar-refractivity contribution in [2.45, 2.75) is 6.29 Å². The molecule has 1 atom stereocenters. The molecule has 4 heteroatoms. The van der Waals surface area contributed by atoms with Crippen molar-refractivity contribution in [1.82, 2.24) is 0 Å². The van der Waals surface area contributed by atoms with Crippen LogP contribution in [0.4, 0.5) is 0 Å². The second-order valence-corrected chi connectivity index (χ2v) is 1.40. The molecule has 1 heterocycles. The Kier molecular flexibility index (Phi) is 6.32. The average molecular weight is 143 g/mol. The second-order valence-electron chi connectivity index (χ2n) is 1.40. The van der Waals surface area contributed by atoms with Crippen LogP contribution in [0, 0.1) is 0 Å². The molecule has 1 saturated heterocycles. The van der Waals surface area contributed by atoms with Crippen LogP contribution in [0.25, 0.3) is 0 Å². The molecule has 0 aromatic heterocycles. The van der Waals surface area contributed by atoms with E-state index in [1.54, 1.807) is 0 Å². The molecule has 0 aromatic rings. The fourth-order valence-electron chi connectivity index (χ4n) is 0.475. The molecule has 1 radical (unpaired) electrons. The van der Waals surface area contributed by atoms with E-state index in [9.17, 15) is 0 Å². The van der Waals surface area contributed by atoms with E-state index in [1.165, 1.54) is 0 Å². The Hall–Kier alpha value is 1.52. The van der Waals surface area contributed by atoms with Gasteiger partial charge in [-0.05, 0) is 0 Å². The van der Waals surface area contributed by atoms with Gasteiger partial charge in [-0.25, -0.2) is 0 Å². The van der Waals surface area contributed by atoms with Gasteiger partial charge in [0.05, 0.1) is 19.8 Å². The fourth-order valence-corrected chi connectivity index (χ4v) is 0.475. The standard InChI is InChI=1S/C4H8O3.K/c5-4-3-6-1-2-7-4;/h4-5H,1-3H2;. The minimum atomic E-state index is -0.686. The van der Waals surface area contributed by atoms with Crippen molar-refractivity contribution >= 4 is 51.4 Å². The maximum Gasteiger partial charge on any atom is 0.178 e. The van der Waals surface area contributed by atoms with Gasteiger partial charge in [-0.15, -0.1) is 0 Å². The number of hydrogen-bond donors (Lipinski definition) is 1. The van der Waals surface area contributed by atoms with Gasteiger partial charge in [0.25, 0.3) is 0 Å². The van der Waals surface area contributed by atoms with Crippen molar-refractivity contribution in [3.05, 3.63) is 0 Å². The third-order valence-corrected chi connectivity index (χ3v) is 0.798. The Morgan fingerprint density at radius 2 is 2.12 bits per heavy atom. The van der Waals surface area contributed by atoms with Gasteiger partial charge in [0, 0.05) is 51.4 Å². The molecule has 0 amide bonds. The first-order valence-corrected chi connectivity index (χ1v) is 2.27. The molecule has 0 saturated carbocycles. The van der Waals surface area contributed by atoms with E-state index in [4.69, 9.17) is 14.6 Å². The fraction of sp³-hybridized carbons (Fsp3) is 1.00. The molecular formula is C4H8KO3. The number of hydrogen-bond acceptors (Lipinski definition) is 3. The van der Waals surface area contributed by atoms with Crippen molar-refractivity contribution in [2.75, 3.05) is 19.8 Å². The summed E-state index contributed by atoms with van der Waals surface area (Å²) >= 11 is 0. The zero-order valence-electron chi connectivity index (χ0n) is 4.96. The Bertz CT molecular complexity index is 53.2. The van der Waals surface area contributed by atoms with Gasteiger partial charge in [0.2, 0.25) is 0 Å². The van der Waals surface area contributed by atoms with Crippen LogP contribution in [0.5, 0.6) is 0 Å². The summed E-state index contributed by atoms with van der Waals surface area (Å²) in [6.07, 6.45) is -0.686. The first-order valence-electron chi connectivity index (χ1n) is 2.27. The molecular weight excluding hydrogens is 135 g/mol. The molecule has 0 aromatic carbocycles. The van der Waals surface area contributed by atoms with Crippen LogP contribution in [-0.2, 0) is 9.47 Å². The third kappa shape index (κ3) is 3.52. The van der Waals surface area contributed by atoms with E-state index < -0.39 is 6.29 Å². The number of aliphatic hydroxyl groups excluding tert-OH is 1. The first-order chi connectivity index (χ1) is 3.39. The molecule has 43 valence electrons. The van der Waals surface area contributed by atoms with Gasteiger partial charge in [0.15, 0.2) is 6.29 Å². The van der Waals surface area contributed by atoms with E-state index in [0.29, 0.717) is 19.8 Å². The minimum Gasteiger partial charge on any atom is -0.374 e. The van der Waals surface area contributed by atoms with Crippen LogP contribution in [0.1, 0.15) is 0 Å². The summed E-state index contributed by atoms with van der Waals surface area (Å²) in [7, 11) is 0. The Balaban J connectivity index is 0.000000490. The molecule has 0 bridgehead atoms. The van der Waals surface area contributed by atoms with E-state index in [0.717, 1.165) is 0 Å². The van der Waals surface area contributed by atoms with Crippen molar-refractivity contribution < 1.29 is 14.6 Å². The average Bonchev–Trinajstić information content (AvgIpc) is 1.69. The normalized spacial score (nSPS) is 28.9. The molecule has 8 heavy (non-hydrogen) atoms. The van der Waals surface area contributed by atoms with Gasteiger partial charge in [0.1, 0.15) is 0 Å². The summed E-state index contributed by atoms with van der Waals surface area (Å²) in [4.78, 5) is 0. The molecule has 0 spiro atoms. The predicted octanol–water partition coefficient (Wildman–Crippen LogP) is -1.03. The maximum atomic E-state index is 8.56. The monoisotopic (exact) mass is 143 g/mol. The van der Waals surface area contributed by atoms with Gasteiger partial charge >= 0.3 is 0 Å². The summed E-state index contributed by atoms with van der Waals surface area (Å²) in [5, 5.41) is 8.56. The summed E-state index contributed by atoms with van der Waals surface area (Å²) in [5.74, 6) is 0. The number of rotatable bonds is 0. The van der Waals surface area contributed by atoms with Crippen molar-refractivity contribution in [2.24, 2.45) is 0 Å². The molecule has 1 rings (SSSR count). The second kappa shape index (κ2) is 5.31. The van der Waals surface area contributed by atoms with Crippen LogP contribution in [0.3, 0.4) is 0 Å². The van der Waals surface area contributed by atoms with Gasteiger partial charge in [-0.2, -0.15) is 0 Å². The van der Waals surface area contributed by atoms with E-state index in [2.05, 4.69) is 0 Å². The van der Waals surface area contributed by atoms with Crippen LogP contribution < -0.4 is 0 Å². The predicted molar refractivity (Wildman–Crippen MR) is 28.5 cm³/mol. The van der Waals surface area contributed by atoms with Crippen molar-refractivity contribution in [1.29, 1.82) is 0 Å². The first kappa shape index (κ1) is 9.52. The summed E-state index contributed by atoms with van der Waals surface area (Å²) in [5.41, 5.74) is 0. The SMILES string of the molecule is OC1COCCO1.[K]. The van der Waals surface area contributed by atoms with Gasteiger partial charge < -0.3 is 14.6 Å². The largest absolute Gasteiger partial charge is 0.374 e. The van der Waals surface area contributed by atoms with E-state index >= 15 is 0 Å². The zero-order valence-corrected chi connectivity index (χ0v) is 8.09. The summed E-state index contributed by atoms with van der Waals surface area (Å²) in [6, 6.07) is 0.